The second-order valence-electron chi connectivity index (χ2n) is 4.76. The van der Waals surface area contributed by atoms with Crippen LogP contribution in [0.5, 0.6) is 0 Å². The molecule has 0 aliphatic rings. The van der Waals surface area contributed by atoms with Gasteiger partial charge in [-0.25, -0.2) is 5.43 Å². The Kier molecular flexibility index (Phi) is 5.43. The molecule has 2 unspecified atom stereocenters. The number of benzene rings is 1. The maximum absolute atomic E-state index is 6.00. The summed E-state index contributed by atoms with van der Waals surface area (Å²) in [5, 5.41) is 1.66. The number of hydrogen-bond donors (Lipinski definition) is 2. The lowest BCUT2D eigenvalue weighted by Gasteiger charge is -2.24. The van der Waals surface area contributed by atoms with E-state index in [0.717, 1.165) is 29.6 Å². The molecule has 20 heavy (non-hydrogen) atoms. The molecule has 5 heteroatoms. The van der Waals surface area contributed by atoms with E-state index in [1.54, 1.807) is 0 Å². The zero-order valence-corrected chi connectivity index (χ0v) is 12.6. The molecule has 1 aromatic carbocycles. The van der Waals surface area contributed by atoms with Crippen molar-refractivity contribution >= 4 is 22.6 Å². The number of furan rings is 1. The molecule has 0 saturated heterocycles. The van der Waals surface area contributed by atoms with Crippen molar-refractivity contribution < 1.29 is 9.15 Å². The number of ether oxygens (including phenoxy) is 1. The third kappa shape index (κ3) is 3.33. The molecule has 0 fully saturated rings. The van der Waals surface area contributed by atoms with Crippen LogP contribution in [0.4, 0.5) is 0 Å². The van der Waals surface area contributed by atoms with Gasteiger partial charge in [-0.15, -0.1) is 0 Å². The third-order valence-corrected chi connectivity index (χ3v) is 3.54. The van der Waals surface area contributed by atoms with Gasteiger partial charge in [-0.05, 0) is 37.6 Å². The molecule has 0 amide bonds. The largest absolute Gasteiger partial charge is 0.459 e. The molecule has 0 aliphatic heterocycles. The lowest BCUT2D eigenvalue weighted by atomic mass is 10.0. The van der Waals surface area contributed by atoms with Crippen molar-refractivity contribution in [3.05, 3.63) is 35.0 Å². The predicted octanol–water partition coefficient (Wildman–Crippen LogP) is 3.80. The van der Waals surface area contributed by atoms with Crippen LogP contribution in [0.2, 0.25) is 5.02 Å². The highest BCUT2D eigenvalue weighted by molar-refractivity contribution is 6.31. The van der Waals surface area contributed by atoms with Gasteiger partial charge in [0.25, 0.3) is 0 Å². The van der Waals surface area contributed by atoms with Gasteiger partial charge in [0, 0.05) is 17.0 Å². The highest BCUT2D eigenvalue weighted by atomic mass is 35.5. The SMILES string of the molecule is CCCC(OCC)C(NN)c1cc2cc(Cl)ccc2o1. The summed E-state index contributed by atoms with van der Waals surface area (Å²) in [4.78, 5) is 0. The maximum atomic E-state index is 6.00. The Morgan fingerprint density at radius 2 is 2.15 bits per heavy atom. The number of rotatable bonds is 7. The monoisotopic (exact) mass is 296 g/mol. The minimum atomic E-state index is -0.166. The van der Waals surface area contributed by atoms with Crippen molar-refractivity contribution in [3.8, 4) is 0 Å². The Morgan fingerprint density at radius 3 is 2.80 bits per heavy atom. The molecule has 0 bridgehead atoms. The second-order valence-corrected chi connectivity index (χ2v) is 5.19. The zero-order valence-electron chi connectivity index (χ0n) is 11.9. The number of fused-ring (bicyclic) bond motifs is 1. The van der Waals surface area contributed by atoms with Crippen LogP contribution in [0.15, 0.2) is 28.7 Å². The van der Waals surface area contributed by atoms with Gasteiger partial charge < -0.3 is 9.15 Å². The van der Waals surface area contributed by atoms with Gasteiger partial charge in [-0.3, -0.25) is 5.84 Å². The fourth-order valence-corrected chi connectivity index (χ4v) is 2.59. The normalized spacial score (nSPS) is 14.6. The summed E-state index contributed by atoms with van der Waals surface area (Å²) in [5.74, 6) is 6.48. The van der Waals surface area contributed by atoms with Crippen molar-refractivity contribution in [1.82, 2.24) is 5.43 Å². The van der Waals surface area contributed by atoms with E-state index in [2.05, 4.69) is 12.3 Å². The van der Waals surface area contributed by atoms with Crippen LogP contribution >= 0.6 is 11.6 Å². The van der Waals surface area contributed by atoms with Gasteiger partial charge in [-0.2, -0.15) is 0 Å². The standard InChI is InChI=1S/C15H21ClN2O2/c1-3-5-13(19-4-2)15(18-17)14-9-10-8-11(16)6-7-12(10)20-14/h6-9,13,15,18H,3-5,17H2,1-2H3. The summed E-state index contributed by atoms with van der Waals surface area (Å²) < 4.78 is 11.6. The quantitative estimate of drug-likeness (QED) is 0.603. The summed E-state index contributed by atoms with van der Waals surface area (Å²) >= 11 is 6.00. The number of nitrogens with one attached hydrogen (secondary N) is 1. The van der Waals surface area contributed by atoms with Crippen LogP contribution in [0.25, 0.3) is 11.0 Å². The third-order valence-electron chi connectivity index (χ3n) is 3.31. The molecule has 4 nitrogen and oxygen atoms in total. The smallest absolute Gasteiger partial charge is 0.134 e. The first-order valence-electron chi connectivity index (χ1n) is 6.96. The molecule has 2 aromatic rings. The first-order valence-corrected chi connectivity index (χ1v) is 7.34. The van der Waals surface area contributed by atoms with Gasteiger partial charge >= 0.3 is 0 Å². The molecule has 1 heterocycles. The second kappa shape index (κ2) is 7.09. The summed E-state index contributed by atoms with van der Waals surface area (Å²) in [5.41, 5.74) is 3.61. The molecule has 2 atom stereocenters. The Balaban J connectivity index is 2.31. The summed E-state index contributed by atoms with van der Waals surface area (Å²) in [6.07, 6.45) is 1.93. The van der Waals surface area contributed by atoms with E-state index < -0.39 is 0 Å². The fourth-order valence-electron chi connectivity index (χ4n) is 2.41. The molecule has 0 aliphatic carbocycles. The van der Waals surface area contributed by atoms with Gasteiger partial charge in [0.2, 0.25) is 0 Å². The predicted molar refractivity (Wildman–Crippen MR) is 81.6 cm³/mol. The van der Waals surface area contributed by atoms with E-state index in [9.17, 15) is 0 Å². The Labute approximate surface area is 124 Å². The molecular formula is C15H21ClN2O2. The average Bonchev–Trinajstić information content (AvgIpc) is 2.82. The maximum Gasteiger partial charge on any atom is 0.134 e. The van der Waals surface area contributed by atoms with Crippen LogP contribution in [-0.2, 0) is 4.74 Å². The van der Waals surface area contributed by atoms with Crippen LogP contribution in [0.3, 0.4) is 0 Å². The topological polar surface area (TPSA) is 60.4 Å². The van der Waals surface area contributed by atoms with Crippen LogP contribution < -0.4 is 11.3 Å². The Morgan fingerprint density at radius 1 is 1.35 bits per heavy atom. The van der Waals surface area contributed by atoms with Crippen molar-refractivity contribution in [2.75, 3.05) is 6.61 Å². The molecular weight excluding hydrogens is 276 g/mol. The van der Waals surface area contributed by atoms with Crippen molar-refractivity contribution in [3.63, 3.8) is 0 Å². The first-order chi connectivity index (χ1) is 9.69. The number of halogens is 1. The number of hydrazine groups is 1. The average molecular weight is 297 g/mol. The summed E-state index contributed by atoms with van der Waals surface area (Å²) in [7, 11) is 0. The molecule has 0 saturated carbocycles. The lowest BCUT2D eigenvalue weighted by molar-refractivity contribution is 0.0225. The zero-order chi connectivity index (χ0) is 14.5. The molecule has 3 N–H and O–H groups in total. The number of nitrogens with two attached hydrogens (primary N) is 1. The van der Waals surface area contributed by atoms with Crippen LogP contribution in [0, 0.1) is 0 Å². The minimum absolute atomic E-state index is 0.00830. The van der Waals surface area contributed by atoms with Crippen LogP contribution in [-0.4, -0.2) is 12.7 Å². The van der Waals surface area contributed by atoms with Gasteiger partial charge in [0.1, 0.15) is 17.4 Å². The van der Waals surface area contributed by atoms with E-state index >= 15 is 0 Å². The van der Waals surface area contributed by atoms with E-state index in [-0.39, 0.29) is 12.1 Å². The van der Waals surface area contributed by atoms with E-state index in [4.69, 9.17) is 26.6 Å². The molecule has 0 spiro atoms. The van der Waals surface area contributed by atoms with E-state index in [0.29, 0.717) is 11.6 Å². The fraction of sp³-hybridized carbons (Fsp3) is 0.467. The highest BCUT2D eigenvalue weighted by Gasteiger charge is 2.25. The van der Waals surface area contributed by atoms with Crippen molar-refractivity contribution in [2.24, 2.45) is 5.84 Å². The summed E-state index contributed by atoms with van der Waals surface area (Å²) in [6.45, 7) is 4.75. The lowest BCUT2D eigenvalue weighted by Crippen LogP contribution is -2.37. The highest BCUT2D eigenvalue weighted by Crippen LogP contribution is 2.29. The minimum Gasteiger partial charge on any atom is -0.459 e. The first kappa shape index (κ1) is 15.3. The van der Waals surface area contributed by atoms with Gasteiger partial charge in [-0.1, -0.05) is 24.9 Å². The number of hydrogen-bond acceptors (Lipinski definition) is 4. The van der Waals surface area contributed by atoms with Gasteiger partial charge in [0.15, 0.2) is 0 Å². The Bertz CT molecular complexity index is 550. The van der Waals surface area contributed by atoms with Crippen molar-refractivity contribution in [1.29, 1.82) is 0 Å². The molecule has 2 rings (SSSR count). The van der Waals surface area contributed by atoms with E-state index in [1.165, 1.54) is 0 Å². The summed E-state index contributed by atoms with van der Waals surface area (Å²) in [6, 6.07) is 7.36. The Hall–Kier alpha value is -1.07. The molecule has 0 radical (unpaired) electrons. The van der Waals surface area contributed by atoms with Gasteiger partial charge in [0.05, 0.1) is 6.10 Å². The van der Waals surface area contributed by atoms with Crippen LogP contribution in [0.1, 0.15) is 38.5 Å². The van der Waals surface area contributed by atoms with Crippen molar-refractivity contribution in [2.45, 2.75) is 38.8 Å². The molecule has 110 valence electrons. The van der Waals surface area contributed by atoms with E-state index in [1.807, 2.05) is 31.2 Å². The molecule has 1 aromatic heterocycles.